The third kappa shape index (κ3) is 6.03. The van der Waals surface area contributed by atoms with E-state index in [2.05, 4.69) is 31.7 Å². The van der Waals surface area contributed by atoms with Crippen molar-refractivity contribution in [2.75, 3.05) is 26.2 Å². The Hall–Kier alpha value is -1.60. The molecule has 0 aromatic heterocycles. The largest absolute Gasteiger partial charge is 0.484 e. The maximum Gasteiger partial charge on any atom is 0.276 e. The summed E-state index contributed by atoms with van der Waals surface area (Å²) in [6.45, 7) is 2.04. The second-order valence-electron chi connectivity index (χ2n) is 5.18. The van der Waals surface area contributed by atoms with E-state index < -0.39 is 5.91 Å². The predicted octanol–water partition coefficient (Wildman–Crippen LogP) is 1.46. The van der Waals surface area contributed by atoms with Gasteiger partial charge < -0.3 is 4.74 Å². The number of nitrogens with one attached hydrogen (secondary N) is 2. The summed E-state index contributed by atoms with van der Waals surface area (Å²) in [6.07, 6.45) is 3.48. The van der Waals surface area contributed by atoms with Gasteiger partial charge in [0.2, 0.25) is 0 Å². The number of rotatable bonds is 5. The van der Waals surface area contributed by atoms with Gasteiger partial charge in [-0.05, 0) is 50.2 Å². The Balaban J connectivity index is 1.62. The van der Waals surface area contributed by atoms with Gasteiger partial charge in [-0.25, -0.2) is 0 Å². The molecule has 2 N–H and O–H groups in total. The van der Waals surface area contributed by atoms with E-state index in [4.69, 9.17) is 4.74 Å². The normalized spacial score (nSPS) is 15.1. The van der Waals surface area contributed by atoms with Crippen LogP contribution in [0, 0.1) is 0 Å². The summed E-state index contributed by atoms with van der Waals surface area (Å²) in [5.74, 6) is -0.00759. The van der Waals surface area contributed by atoms with Crippen LogP contribution in [-0.2, 0) is 9.59 Å². The van der Waals surface area contributed by atoms with Crippen LogP contribution >= 0.6 is 15.9 Å². The number of piperidine rings is 1. The first-order valence-electron chi connectivity index (χ1n) is 7.32. The number of carbonyl (C=O) groups excluding carboxylic acids is 2. The van der Waals surface area contributed by atoms with Crippen LogP contribution in [0.15, 0.2) is 28.7 Å². The molecular formula is C15H20BrN3O3. The molecule has 0 spiro atoms. The molecule has 1 aliphatic heterocycles. The van der Waals surface area contributed by atoms with Crippen molar-refractivity contribution in [1.82, 2.24) is 15.8 Å². The Bertz CT molecular complexity index is 501. The van der Waals surface area contributed by atoms with Crippen LogP contribution in [0.25, 0.3) is 0 Å². The number of amides is 2. The van der Waals surface area contributed by atoms with E-state index in [1.165, 1.54) is 6.42 Å². The minimum absolute atomic E-state index is 0.147. The second-order valence-corrected chi connectivity index (χ2v) is 6.09. The molecule has 6 nitrogen and oxygen atoms in total. The second kappa shape index (κ2) is 8.75. The van der Waals surface area contributed by atoms with Crippen LogP contribution in [0.2, 0.25) is 0 Å². The summed E-state index contributed by atoms with van der Waals surface area (Å²) in [4.78, 5) is 25.4. The van der Waals surface area contributed by atoms with Crippen molar-refractivity contribution >= 4 is 27.7 Å². The Morgan fingerprint density at radius 3 is 2.36 bits per heavy atom. The molecule has 1 aromatic rings. The van der Waals surface area contributed by atoms with Gasteiger partial charge in [-0.2, -0.15) is 0 Å². The van der Waals surface area contributed by atoms with Gasteiger partial charge in [0, 0.05) is 4.47 Å². The molecular weight excluding hydrogens is 350 g/mol. The SMILES string of the molecule is O=C(COc1ccc(Br)cc1)NNC(=O)CN1CCCCC1. The van der Waals surface area contributed by atoms with Gasteiger partial charge in [0.05, 0.1) is 6.54 Å². The maximum absolute atomic E-state index is 11.7. The van der Waals surface area contributed by atoms with Crippen LogP contribution in [-0.4, -0.2) is 43.0 Å². The number of ether oxygens (including phenoxy) is 1. The first-order chi connectivity index (χ1) is 10.6. The van der Waals surface area contributed by atoms with Gasteiger partial charge >= 0.3 is 0 Å². The molecule has 2 amide bonds. The highest BCUT2D eigenvalue weighted by atomic mass is 79.9. The first-order valence-corrected chi connectivity index (χ1v) is 8.11. The third-order valence-electron chi connectivity index (χ3n) is 3.34. The van der Waals surface area contributed by atoms with Gasteiger partial charge in [-0.15, -0.1) is 0 Å². The molecule has 0 bridgehead atoms. The Morgan fingerprint density at radius 1 is 1.05 bits per heavy atom. The van der Waals surface area contributed by atoms with Crippen LogP contribution in [0.4, 0.5) is 0 Å². The quantitative estimate of drug-likeness (QED) is 0.770. The van der Waals surface area contributed by atoms with Crippen molar-refractivity contribution in [1.29, 1.82) is 0 Å². The average molecular weight is 370 g/mol. The fraction of sp³-hybridized carbons (Fsp3) is 0.467. The van der Waals surface area contributed by atoms with Crippen molar-refractivity contribution in [3.8, 4) is 5.75 Å². The zero-order valence-electron chi connectivity index (χ0n) is 12.3. The van der Waals surface area contributed by atoms with Crippen LogP contribution in [0.5, 0.6) is 5.75 Å². The molecule has 1 fully saturated rings. The first kappa shape index (κ1) is 16.8. The van der Waals surface area contributed by atoms with Crippen molar-refractivity contribution in [2.24, 2.45) is 0 Å². The van der Waals surface area contributed by atoms with Gasteiger partial charge in [0.1, 0.15) is 5.75 Å². The number of likely N-dealkylation sites (tertiary alicyclic amines) is 1. The minimum atomic E-state index is -0.394. The van der Waals surface area contributed by atoms with Gasteiger partial charge in [0.15, 0.2) is 6.61 Å². The number of halogens is 1. The lowest BCUT2D eigenvalue weighted by Crippen LogP contribution is -2.48. The molecule has 120 valence electrons. The number of nitrogens with zero attached hydrogens (tertiary/aromatic N) is 1. The minimum Gasteiger partial charge on any atom is -0.484 e. The van der Waals surface area contributed by atoms with E-state index in [1.807, 2.05) is 12.1 Å². The summed E-state index contributed by atoms with van der Waals surface area (Å²) in [5.41, 5.74) is 4.76. The monoisotopic (exact) mass is 369 g/mol. The highest BCUT2D eigenvalue weighted by Crippen LogP contribution is 2.15. The number of hydrogen-bond acceptors (Lipinski definition) is 4. The van der Waals surface area contributed by atoms with E-state index >= 15 is 0 Å². The third-order valence-corrected chi connectivity index (χ3v) is 3.87. The van der Waals surface area contributed by atoms with Crippen molar-refractivity contribution in [2.45, 2.75) is 19.3 Å². The molecule has 1 heterocycles. The lowest BCUT2D eigenvalue weighted by Gasteiger charge is -2.25. The van der Waals surface area contributed by atoms with Crippen LogP contribution in [0.3, 0.4) is 0 Å². The smallest absolute Gasteiger partial charge is 0.276 e. The molecule has 0 saturated carbocycles. The van der Waals surface area contributed by atoms with E-state index in [9.17, 15) is 9.59 Å². The van der Waals surface area contributed by atoms with Gasteiger partial charge in [0.25, 0.3) is 11.8 Å². The zero-order chi connectivity index (χ0) is 15.8. The molecule has 1 aromatic carbocycles. The number of benzene rings is 1. The summed E-state index contributed by atoms with van der Waals surface area (Å²) in [5, 5.41) is 0. The van der Waals surface area contributed by atoms with Crippen molar-refractivity contribution in [3.63, 3.8) is 0 Å². The van der Waals surface area contributed by atoms with E-state index in [0.717, 1.165) is 30.4 Å². The van der Waals surface area contributed by atoms with Crippen molar-refractivity contribution < 1.29 is 14.3 Å². The topological polar surface area (TPSA) is 70.7 Å². The summed E-state index contributed by atoms with van der Waals surface area (Å²) < 4.78 is 6.25. The number of hydrazine groups is 1. The van der Waals surface area contributed by atoms with Crippen LogP contribution in [0.1, 0.15) is 19.3 Å². The van der Waals surface area contributed by atoms with Crippen LogP contribution < -0.4 is 15.6 Å². The highest BCUT2D eigenvalue weighted by molar-refractivity contribution is 9.10. The highest BCUT2D eigenvalue weighted by Gasteiger charge is 2.14. The van der Waals surface area contributed by atoms with E-state index in [0.29, 0.717) is 12.3 Å². The fourth-order valence-corrected chi connectivity index (χ4v) is 2.48. The average Bonchev–Trinajstić information content (AvgIpc) is 2.53. The predicted molar refractivity (Wildman–Crippen MR) is 86.2 cm³/mol. The lowest BCUT2D eigenvalue weighted by atomic mass is 10.1. The Kier molecular flexibility index (Phi) is 6.67. The zero-order valence-corrected chi connectivity index (χ0v) is 13.9. The maximum atomic E-state index is 11.7. The molecule has 0 aliphatic carbocycles. The Morgan fingerprint density at radius 2 is 1.68 bits per heavy atom. The number of hydrogen-bond donors (Lipinski definition) is 2. The number of carbonyl (C=O) groups is 2. The summed E-state index contributed by atoms with van der Waals surface area (Å²) in [7, 11) is 0. The molecule has 0 radical (unpaired) electrons. The van der Waals surface area contributed by atoms with Crippen molar-refractivity contribution in [3.05, 3.63) is 28.7 Å². The molecule has 0 atom stereocenters. The van der Waals surface area contributed by atoms with Gasteiger partial charge in [-0.1, -0.05) is 22.4 Å². The molecule has 7 heteroatoms. The van der Waals surface area contributed by atoms with Gasteiger partial charge in [-0.3, -0.25) is 25.3 Å². The summed E-state index contributed by atoms with van der Waals surface area (Å²) >= 11 is 3.32. The fourth-order valence-electron chi connectivity index (χ4n) is 2.22. The van der Waals surface area contributed by atoms with E-state index in [-0.39, 0.29) is 12.5 Å². The lowest BCUT2D eigenvalue weighted by molar-refractivity contribution is -0.130. The summed E-state index contributed by atoms with van der Waals surface area (Å²) in [6, 6.07) is 7.17. The molecule has 2 rings (SSSR count). The molecule has 1 saturated heterocycles. The molecule has 1 aliphatic rings. The molecule has 0 unspecified atom stereocenters. The standard InChI is InChI=1S/C15H20BrN3O3/c16-12-4-6-13(7-5-12)22-11-15(21)18-17-14(20)10-19-8-2-1-3-9-19/h4-7H,1-3,8-11H2,(H,17,20)(H,18,21). The van der Waals surface area contributed by atoms with E-state index in [1.54, 1.807) is 12.1 Å². The molecule has 22 heavy (non-hydrogen) atoms. The Labute approximate surface area is 138 Å².